The number of hydrogen-bond acceptors (Lipinski definition) is 2. The van der Waals surface area contributed by atoms with Gasteiger partial charge in [0, 0.05) is 13.1 Å². The predicted octanol–water partition coefficient (Wildman–Crippen LogP) is -0.00700. The summed E-state index contributed by atoms with van der Waals surface area (Å²) in [6, 6.07) is 0. The Kier molecular flexibility index (Phi) is 2.39. The Balaban J connectivity index is 2.64. The Morgan fingerprint density at radius 1 is 1.58 bits per heavy atom. The van der Waals surface area contributed by atoms with Crippen molar-refractivity contribution in [3.05, 3.63) is 0 Å². The molecule has 0 aliphatic carbocycles. The Hall–Kier alpha value is -1.01. The summed E-state index contributed by atoms with van der Waals surface area (Å²) in [7, 11) is 0. The molecule has 1 heterocycles. The molecule has 0 aromatic carbocycles. The maximum Gasteiger partial charge on any atom is 0.266 e. The molecule has 0 saturated carbocycles. The van der Waals surface area contributed by atoms with Crippen molar-refractivity contribution >= 4 is 5.91 Å². The number of rotatable bonds is 1. The van der Waals surface area contributed by atoms with Crippen LogP contribution >= 0.6 is 0 Å². The van der Waals surface area contributed by atoms with E-state index in [0.717, 1.165) is 25.9 Å². The van der Waals surface area contributed by atoms with Crippen LogP contribution in [0.1, 0.15) is 19.8 Å². The number of carbonyl (C=O) groups is 1. The number of nitrogens with zero attached hydrogens (tertiary/aromatic N) is 1. The lowest BCUT2D eigenvalue weighted by Crippen LogP contribution is -2.44. The third kappa shape index (κ3) is 1.59. The van der Waals surface area contributed by atoms with Gasteiger partial charge in [0.1, 0.15) is 0 Å². The average molecular weight is 167 g/mol. The molecular formula is C9H13NO2. The van der Waals surface area contributed by atoms with Gasteiger partial charge >= 0.3 is 0 Å². The summed E-state index contributed by atoms with van der Waals surface area (Å²) in [5, 5.41) is 9.42. The number of amides is 1. The van der Waals surface area contributed by atoms with Gasteiger partial charge in [-0.2, -0.15) is 0 Å². The second-order valence-corrected chi connectivity index (χ2v) is 3.22. The van der Waals surface area contributed by atoms with E-state index in [1.807, 2.05) is 0 Å². The molecule has 0 bridgehead atoms. The fourth-order valence-corrected chi connectivity index (χ4v) is 1.29. The quantitative estimate of drug-likeness (QED) is 0.558. The minimum absolute atomic E-state index is 0.345. The number of carbonyl (C=O) groups excluding carboxylic acids is 1. The highest BCUT2D eigenvalue weighted by molar-refractivity contribution is 5.88. The van der Waals surface area contributed by atoms with Gasteiger partial charge in [-0.3, -0.25) is 4.79 Å². The molecule has 0 radical (unpaired) electrons. The number of aliphatic hydroxyl groups is 1. The molecule has 1 amide bonds. The van der Waals surface area contributed by atoms with E-state index in [2.05, 4.69) is 5.92 Å². The van der Waals surface area contributed by atoms with Crippen molar-refractivity contribution in [2.75, 3.05) is 13.1 Å². The molecule has 66 valence electrons. The zero-order chi connectivity index (χ0) is 9.19. The molecule has 1 aliphatic rings. The summed E-state index contributed by atoms with van der Waals surface area (Å²) >= 11 is 0. The molecule has 3 heteroatoms. The van der Waals surface area contributed by atoms with E-state index in [-0.39, 0.29) is 5.91 Å². The first-order valence-corrected chi connectivity index (χ1v) is 4.07. The van der Waals surface area contributed by atoms with Gasteiger partial charge in [-0.25, -0.2) is 0 Å². The van der Waals surface area contributed by atoms with Gasteiger partial charge in [0.05, 0.1) is 0 Å². The zero-order valence-corrected chi connectivity index (χ0v) is 7.21. The highest BCUT2D eigenvalue weighted by Crippen LogP contribution is 2.13. The van der Waals surface area contributed by atoms with Crippen LogP contribution in [0.3, 0.4) is 0 Å². The van der Waals surface area contributed by atoms with Gasteiger partial charge in [0.2, 0.25) is 5.60 Å². The van der Waals surface area contributed by atoms with Gasteiger partial charge in [-0.15, -0.1) is 6.42 Å². The molecule has 0 spiro atoms. The number of terminal acetylenes is 1. The smallest absolute Gasteiger partial charge is 0.266 e. The minimum Gasteiger partial charge on any atom is -0.370 e. The lowest BCUT2D eigenvalue weighted by molar-refractivity contribution is -0.143. The predicted molar refractivity (Wildman–Crippen MR) is 45.3 cm³/mol. The standard InChI is InChI=1S/C9H13NO2/c1-3-9(2,12)8(11)10-6-4-5-7-10/h1,12H,4-7H2,2H3. The lowest BCUT2D eigenvalue weighted by atomic mass is 10.1. The molecule has 1 fully saturated rings. The second kappa shape index (κ2) is 3.16. The van der Waals surface area contributed by atoms with Gasteiger partial charge in [-0.05, 0) is 19.8 Å². The summed E-state index contributed by atoms with van der Waals surface area (Å²) in [6.45, 7) is 2.79. The van der Waals surface area contributed by atoms with Crippen LogP contribution in [0, 0.1) is 12.3 Å². The van der Waals surface area contributed by atoms with Crippen molar-refractivity contribution in [1.29, 1.82) is 0 Å². The third-order valence-corrected chi connectivity index (χ3v) is 2.09. The van der Waals surface area contributed by atoms with Crippen LogP contribution in [0.15, 0.2) is 0 Å². The van der Waals surface area contributed by atoms with Crippen molar-refractivity contribution in [1.82, 2.24) is 4.90 Å². The first kappa shape index (κ1) is 9.08. The van der Waals surface area contributed by atoms with E-state index >= 15 is 0 Å². The molecule has 0 aromatic rings. The van der Waals surface area contributed by atoms with E-state index in [4.69, 9.17) is 6.42 Å². The second-order valence-electron chi connectivity index (χ2n) is 3.22. The van der Waals surface area contributed by atoms with E-state index in [9.17, 15) is 9.90 Å². The third-order valence-electron chi connectivity index (χ3n) is 2.09. The largest absolute Gasteiger partial charge is 0.370 e. The van der Waals surface area contributed by atoms with Crippen LogP contribution < -0.4 is 0 Å². The van der Waals surface area contributed by atoms with Crippen molar-refractivity contribution in [2.24, 2.45) is 0 Å². The molecule has 1 N–H and O–H groups in total. The Morgan fingerprint density at radius 3 is 2.50 bits per heavy atom. The van der Waals surface area contributed by atoms with Gasteiger partial charge < -0.3 is 10.0 Å². The first-order valence-electron chi connectivity index (χ1n) is 4.07. The molecule has 12 heavy (non-hydrogen) atoms. The normalized spacial score (nSPS) is 21.6. The van der Waals surface area contributed by atoms with Crippen LogP contribution in [-0.2, 0) is 4.79 Å². The molecule has 1 saturated heterocycles. The monoisotopic (exact) mass is 167 g/mol. The van der Waals surface area contributed by atoms with Crippen LogP contribution in [0.5, 0.6) is 0 Å². The first-order chi connectivity index (χ1) is 5.58. The summed E-state index contributed by atoms with van der Waals surface area (Å²) in [4.78, 5) is 13.0. The topological polar surface area (TPSA) is 40.5 Å². The van der Waals surface area contributed by atoms with Crippen molar-refractivity contribution in [3.8, 4) is 12.3 Å². The van der Waals surface area contributed by atoms with Crippen LogP contribution in [-0.4, -0.2) is 34.6 Å². The molecule has 1 aliphatic heterocycles. The summed E-state index contributed by atoms with van der Waals surface area (Å²) in [6.07, 6.45) is 7.04. The number of likely N-dealkylation sites (tertiary alicyclic amines) is 1. The number of hydrogen-bond donors (Lipinski definition) is 1. The lowest BCUT2D eigenvalue weighted by Gasteiger charge is -2.23. The van der Waals surface area contributed by atoms with Crippen molar-refractivity contribution in [2.45, 2.75) is 25.4 Å². The SMILES string of the molecule is C#CC(C)(O)C(=O)N1CCCC1. The van der Waals surface area contributed by atoms with E-state index in [0.29, 0.717) is 0 Å². The van der Waals surface area contributed by atoms with Gasteiger partial charge in [0.15, 0.2) is 0 Å². The Labute approximate surface area is 72.4 Å². The van der Waals surface area contributed by atoms with Crippen molar-refractivity contribution < 1.29 is 9.90 Å². The van der Waals surface area contributed by atoms with Crippen LogP contribution in [0.25, 0.3) is 0 Å². The minimum atomic E-state index is -1.62. The maximum atomic E-state index is 11.4. The van der Waals surface area contributed by atoms with Crippen LogP contribution in [0.4, 0.5) is 0 Å². The van der Waals surface area contributed by atoms with E-state index in [1.165, 1.54) is 6.92 Å². The molecule has 3 nitrogen and oxygen atoms in total. The van der Waals surface area contributed by atoms with E-state index in [1.54, 1.807) is 4.90 Å². The molecule has 1 unspecified atom stereocenters. The Bertz CT molecular complexity index is 221. The maximum absolute atomic E-state index is 11.4. The van der Waals surface area contributed by atoms with Crippen molar-refractivity contribution in [3.63, 3.8) is 0 Å². The molecule has 1 rings (SSSR count). The molecule has 0 aromatic heterocycles. The highest BCUT2D eigenvalue weighted by atomic mass is 16.3. The zero-order valence-electron chi connectivity index (χ0n) is 7.21. The summed E-state index contributed by atoms with van der Waals surface area (Å²) < 4.78 is 0. The fourth-order valence-electron chi connectivity index (χ4n) is 1.29. The van der Waals surface area contributed by atoms with Crippen LogP contribution in [0.2, 0.25) is 0 Å². The average Bonchev–Trinajstić information content (AvgIpc) is 2.55. The molecular weight excluding hydrogens is 154 g/mol. The summed E-state index contributed by atoms with van der Waals surface area (Å²) in [5.41, 5.74) is -1.62. The Morgan fingerprint density at radius 2 is 2.08 bits per heavy atom. The van der Waals surface area contributed by atoms with Gasteiger partial charge in [0.25, 0.3) is 5.91 Å². The highest BCUT2D eigenvalue weighted by Gasteiger charge is 2.33. The van der Waals surface area contributed by atoms with E-state index < -0.39 is 5.60 Å². The molecule has 1 atom stereocenters. The fraction of sp³-hybridized carbons (Fsp3) is 0.667. The summed E-state index contributed by atoms with van der Waals surface area (Å²) in [5.74, 6) is 1.74. The van der Waals surface area contributed by atoms with Gasteiger partial charge in [-0.1, -0.05) is 5.92 Å².